The lowest BCUT2D eigenvalue weighted by Crippen LogP contribution is -2.42. The van der Waals surface area contributed by atoms with Gasteiger partial charge >= 0.3 is 12.1 Å². The third-order valence-corrected chi connectivity index (χ3v) is 2.51. The second-order valence-corrected chi connectivity index (χ2v) is 3.99. The van der Waals surface area contributed by atoms with Gasteiger partial charge in [-0.05, 0) is 13.8 Å². The maximum atomic E-state index is 12.7. The summed E-state index contributed by atoms with van der Waals surface area (Å²) in [5.41, 5.74) is 0.712. The van der Waals surface area contributed by atoms with Gasteiger partial charge in [0.05, 0.1) is 12.3 Å². The van der Waals surface area contributed by atoms with Crippen molar-refractivity contribution in [1.82, 2.24) is 4.98 Å². The molecule has 0 aliphatic heterocycles. The number of hydrogen-bond acceptors (Lipinski definition) is 3. The Morgan fingerprint density at radius 3 is 2.26 bits per heavy atom. The van der Waals surface area contributed by atoms with Gasteiger partial charge in [0.1, 0.15) is 5.75 Å². The Labute approximate surface area is 106 Å². The van der Waals surface area contributed by atoms with E-state index in [-0.39, 0.29) is 17.0 Å². The summed E-state index contributed by atoms with van der Waals surface area (Å²) in [5, 5.41) is 8.94. The number of pyridine rings is 1. The molecule has 0 aromatic carbocycles. The first-order valence-electron chi connectivity index (χ1n) is 5.23. The van der Waals surface area contributed by atoms with Gasteiger partial charge in [-0.2, -0.15) is 22.0 Å². The maximum absolute atomic E-state index is 12.7. The number of nitrogens with zero attached hydrogens (tertiary/aromatic N) is 1. The standard InChI is InChI=1S/C11H12F5NO2/c1-6-3-17-8(4-18)7(2)9(6)19-5-10(12,13)11(14,15)16/h3,18H,4-5H2,1-2H3. The van der Waals surface area contributed by atoms with E-state index in [2.05, 4.69) is 9.72 Å². The van der Waals surface area contributed by atoms with Crippen LogP contribution in [0.4, 0.5) is 22.0 Å². The van der Waals surface area contributed by atoms with Crippen molar-refractivity contribution in [3.8, 4) is 5.75 Å². The van der Waals surface area contributed by atoms with Crippen LogP contribution in [0.2, 0.25) is 0 Å². The SMILES string of the molecule is Cc1cnc(CO)c(C)c1OCC(F)(F)C(F)(F)F. The quantitative estimate of drug-likeness (QED) is 0.865. The van der Waals surface area contributed by atoms with Crippen molar-refractivity contribution in [2.45, 2.75) is 32.6 Å². The lowest BCUT2D eigenvalue weighted by atomic mass is 10.1. The van der Waals surface area contributed by atoms with Crippen molar-refractivity contribution >= 4 is 0 Å². The van der Waals surface area contributed by atoms with E-state index in [4.69, 9.17) is 5.11 Å². The first-order valence-corrected chi connectivity index (χ1v) is 5.23. The summed E-state index contributed by atoms with van der Waals surface area (Å²) in [6.07, 6.45) is -4.43. The molecule has 0 aliphatic carbocycles. The number of rotatable bonds is 4. The molecule has 8 heteroatoms. The summed E-state index contributed by atoms with van der Waals surface area (Å²) < 4.78 is 66.1. The van der Waals surface area contributed by atoms with Crippen LogP contribution in [0.1, 0.15) is 16.8 Å². The molecular weight excluding hydrogens is 273 g/mol. The molecule has 0 radical (unpaired) electrons. The van der Waals surface area contributed by atoms with Gasteiger partial charge in [0.25, 0.3) is 0 Å². The first-order chi connectivity index (χ1) is 8.60. The van der Waals surface area contributed by atoms with Crippen molar-refractivity contribution in [2.75, 3.05) is 6.61 Å². The average Bonchev–Trinajstić information content (AvgIpc) is 2.27. The number of ether oxygens (including phenoxy) is 1. The number of aromatic nitrogens is 1. The smallest absolute Gasteiger partial charge is 0.456 e. The fourth-order valence-corrected chi connectivity index (χ4v) is 1.38. The van der Waals surface area contributed by atoms with Crippen LogP contribution in [0.25, 0.3) is 0 Å². The van der Waals surface area contributed by atoms with Crippen molar-refractivity contribution in [3.05, 3.63) is 23.0 Å². The molecule has 0 aliphatic rings. The van der Waals surface area contributed by atoms with E-state index in [0.717, 1.165) is 0 Å². The molecule has 0 saturated carbocycles. The van der Waals surface area contributed by atoms with Gasteiger partial charge in [-0.25, -0.2) is 0 Å². The van der Waals surface area contributed by atoms with Crippen LogP contribution in [-0.2, 0) is 6.61 Å². The van der Waals surface area contributed by atoms with E-state index in [1.165, 1.54) is 20.0 Å². The lowest BCUT2D eigenvalue weighted by Gasteiger charge is -2.21. The third kappa shape index (κ3) is 3.31. The third-order valence-electron chi connectivity index (χ3n) is 2.51. The molecule has 0 atom stereocenters. The summed E-state index contributed by atoms with van der Waals surface area (Å²) in [7, 11) is 0. The molecule has 108 valence electrons. The van der Waals surface area contributed by atoms with Crippen LogP contribution in [0.5, 0.6) is 5.75 Å². The molecule has 0 unspecified atom stereocenters. The number of aliphatic hydroxyl groups is 1. The van der Waals surface area contributed by atoms with Crippen LogP contribution in [0.15, 0.2) is 6.20 Å². The normalized spacial score (nSPS) is 12.6. The molecule has 1 rings (SSSR count). The van der Waals surface area contributed by atoms with Crippen molar-refractivity contribution < 1.29 is 31.8 Å². The number of alkyl halides is 5. The fourth-order valence-electron chi connectivity index (χ4n) is 1.38. The Morgan fingerprint density at radius 2 is 1.79 bits per heavy atom. The van der Waals surface area contributed by atoms with Gasteiger partial charge in [-0.15, -0.1) is 0 Å². The largest absolute Gasteiger partial charge is 0.486 e. The van der Waals surface area contributed by atoms with Crippen molar-refractivity contribution in [3.63, 3.8) is 0 Å². The van der Waals surface area contributed by atoms with Crippen LogP contribution >= 0.6 is 0 Å². The summed E-state index contributed by atoms with van der Waals surface area (Å²) >= 11 is 0. The molecule has 3 nitrogen and oxygen atoms in total. The summed E-state index contributed by atoms with van der Waals surface area (Å²) in [4.78, 5) is 3.81. The van der Waals surface area contributed by atoms with Gasteiger partial charge < -0.3 is 9.84 Å². The predicted octanol–water partition coefficient (Wildman–Crippen LogP) is 2.77. The highest BCUT2D eigenvalue weighted by Gasteiger charge is 2.58. The van der Waals surface area contributed by atoms with Gasteiger partial charge in [0.2, 0.25) is 0 Å². The Bertz CT molecular complexity index is 459. The van der Waals surface area contributed by atoms with Crippen molar-refractivity contribution in [1.29, 1.82) is 0 Å². The van der Waals surface area contributed by atoms with Gasteiger partial charge in [-0.3, -0.25) is 4.98 Å². The van der Waals surface area contributed by atoms with Gasteiger partial charge in [0.15, 0.2) is 6.61 Å². The molecule has 0 bridgehead atoms. The number of aryl methyl sites for hydroxylation is 1. The van der Waals surface area contributed by atoms with E-state index < -0.39 is 25.3 Å². The minimum absolute atomic E-state index is 0.122. The zero-order valence-corrected chi connectivity index (χ0v) is 10.2. The molecule has 1 aromatic rings. The molecule has 0 fully saturated rings. The Kier molecular flexibility index (Phi) is 4.34. The van der Waals surface area contributed by atoms with E-state index in [0.29, 0.717) is 5.56 Å². The van der Waals surface area contributed by atoms with E-state index in [1.807, 2.05) is 0 Å². The Balaban J connectivity index is 2.96. The van der Waals surface area contributed by atoms with Crippen LogP contribution in [-0.4, -0.2) is 28.8 Å². The number of halogens is 5. The molecule has 1 heterocycles. The fraction of sp³-hybridized carbons (Fsp3) is 0.545. The number of hydrogen-bond donors (Lipinski definition) is 1. The highest BCUT2D eigenvalue weighted by molar-refractivity contribution is 5.40. The molecule has 0 saturated heterocycles. The average molecular weight is 285 g/mol. The second kappa shape index (κ2) is 5.28. The summed E-state index contributed by atoms with van der Waals surface area (Å²) in [5.74, 6) is -5.06. The molecule has 1 aromatic heterocycles. The van der Waals surface area contributed by atoms with E-state index in [1.54, 1.807) is 0 Å². The predicted molar refractivity (Wildman–Crippen MR) is 56.1 cm³/mol. The summed E-state index contributed by atoms with van der Waals surface area (Å²) in [6, 6.07) is 0. The molecule has 1 N–H and O–H groups in total. The van der Waals surface area contributed by atoms with Crippen LogP contribution < -0.4 is 4.74 Å². The molecule has 19 heavy (non-hydrogen) atoms. The topological polar surface area (TPSA) is 42.4 Å². The van der Waals surface area contributed by atoms with Gasteiger partial charge in [0, 0.05) is 17.3 Å². The first kappa shape index (κ1) is 15.6. The number of aliphatic hydroxyl groups excluding tert-OH is 1. The zero-order chi connectivity index (χ0) is 14.8. The Hall–Kier alpha value is -1.44. The van der Waals surface area contributed by atoms with E-state index in [9.17, 15) is 22.0 Å². The Morgan fingerprint density at radius 1 is 1.21 bits per heavy atom. The monoisotopic (exact) mass is 285 g/mol. The van der Waals surface area contributed by atoms with Gasteiger partial charge in [-0.1, -0.05) is 0 Å². The lowest BCUT2D eigenvalue weighted by molar-refractivity contribution is -0.290. The highest BCUT2D eigenvalue weighted by Crippen LogP contribution is 2.36. The van der Waals surface area contributed by atoms with Crippen LogP contribution in [0, 0.1) is 13.8 Å². The maximum Gasteiger partial charge on any atom is 0.456 e. The minimum atomic E-state index is -5.67. The highest BCUT2D eigenvalue weighted by atomic mass is 19.4. The molecule has 0 spiro atoms. The minimum Gasteiger partial charge on any atom is -0.486 e. The summed E-state index contributed by atoms with van der Waals surface area (Å²) in [6.45, 7) is 0.611. The zero-order valence-electron chi connectivity index (χ0n) is 10.2. The van der Waals surface area contributed by atoms with E-state index >= 15 is 0 Å². The molecule has 0 amide bonds. The van der Waals surface area contributed by atoms with Crippen molar-refractivity contribution in [2.24, 2.45) is 0 Å². The second-order valence-electron chi connectivity index (χ2n) is 3.99. The van der Waals surface area contributed by atoms with Crippen LogP contribution in [0.3, 0.4) is 0 Å². The molecular formula is C11H12F5NO2.